The molecule has 1 aliphatic heterocycles. The molecule has 0 aromatic heterocycles. The van der Waals surface area contributed by atoms with Gasteiger partial charge in [-0.25, -0.2) is 0 Å². The van der Waals surface area contributed by atoms with Crippen LogP contribution in [0.3, 0.4) is 0 Å². The number of hydrogen-bond acceptors (Lipinski definition) is 3. The standard InChI is InChI=1S/C21H24N2O3/c1-3-26-19-10-8-18(9-11-19)23-14-17(12-20(23)24)21(25)22-13-16-7-5-4-6-15(16)2/h4-11,17H,3,12-14H2,1-2H3,(H,22,25)/t17-/m0/s1. The van der Waals surface area contributed by atoms with Crippen molar-refractivity contribution in [1.82, 2.24) is 5.32 Å². The monoisotopic (exact) mass is 352 g/mol. The van der Waals surface area contributed by atoms with Gasteiger partial charge in [0, 0.05) is 25.2 Å². The molecule has 2 amide bonds. The maximum Gasteiger partial charge on any atom is 0.227 e. The Morgan fingerprint density at radius 3 is 2.62 bits per heavy atom. The van der Waals surface area contributed by atoms with Crippen LogP contribution in [0.1, 0.15) is 24.5 Å². The molecule has 0 unspecified atom stereocenters. The van der Waals surface area contributed by atoms with E-state index in [0.717, 1.165) is 22.6 Å². The van der Waals surface area contributed by atoms with Crippen LogP contribution in [-0.4, -0.2) is 25.0 Å². The minimum Gasteiger partial charge on any atom is -0.494 e. The molecule has 0 spiro atoms. The Balaban J connectivity index is 1.60. The third-order valence-corrected chi connectivity index (χ3v) is 4.67. The predicted molar refractivity (Wildman–Crippen MR) is 101 cm³/mol. The van der Waals surface area contributed by atoms with Gasteiger partial charge in [-0.15, -0.1) is 0 Å². The van der Waals surface area contributed by atoms with Crippen molar-refractivity contribution in [3.8, 4) is 5.75 Å². The molecule has 1 heterocycles. The van der Waals surface area contributed by atoms with E-state index in [1.54, 1.807) is 4.90 Å². The van der Waals surface area contributed by atoms with E-state index in [2.05, 4.69) is 5.32 Å². The lowest BCUT2D eigenvalue weighted by molar-refractivity contribution is -0.126. The fraction of sp³-hybridized carbons (Fsp3) is 0.333. The van der Waals surface area contributed by atoms with Gasteiger partial charge in [0.25, 0.3) is 0 Å². The quantitative estimate of drug-likeness (QED) is 0.869. The molecule has 5 nitrogen and oxygen atoms in total. The van der Waals surface area contributed by atoms with Gasteiger partial charge < -0.3 is 15.0 Å². The molecular formula is C21H24N2O3. The molecule has 0 bridgehead atoms. The Morgan fingerprint density at radius 2 is 1.92 bits per heavy atom. The first kappa shape index (κ1) is 18.0. The first-order chi connectivity index (χ1) is 12.6. The third kappa shape index (κ3) is 4.04. The Morgan fingerprint density at radius 1 is 1.19 bits per heavy atom. The van der Waals surface area contributed by atoms with Crippen molar-refractivity contribution in [1.29, 1.82) is 0 Å². The number of aryl methyl sites for hydroxylation is 1. The highest BCUT2D eigenvalue weighted by molar-refractivity contribution is 6.00. The number of carbonyl (C=O) groups is 2. The van der Waals surface area contributed by atoms with Gasteiger partial charge in [0.2, 0.25) is 11.8 Å². The zero-order chi connectivity index (χ0) is 18.5. The molecule has 1 fully saturated rings. The summed E-state index contributed by atoms with van der Waals surface area (Å²) in [5, 5.41) is 2.96. The number of nitrogens with one attached hydrogen (secondary N) is 1. The van der Waals surface area contributed by atoms with Crippen molar-refractivity contribution >= 4 is 17.5 Å². The molecule has 2 aromatic carbocycles. The van der Waals surface area contributed by atoms with E-state index < -0.39 is 0 Å². The Labute approximate surface area is 154 Å². The first-order valence-corrected chi connectivity index (χ1v) is 8.94. The van der Waals surface area contributed by atoms with Crippen molar-refractivity contribution in [3.63, 3.8) is 0 Å². The number of anilines is 1. The molecule has 5 heteroatoms. The van der Waals surface area contributed by atoms with Gasteiger partial charge in [-0.1, -0.05) is 24.3 Å². The van der Waals surface area contributed by atoms with Gasteiger partial charge >= 0.3 is 0 Å². The second kappa shape index (κ2) is 8.04. The highest BCUT2D eigenvalue weighted by atomic mass is 16.5. The fourth-order valence-corrected chi connectivity index (χ4v) is 3.16. The van der Waals surface area contributed by atoms with E-state index in [1.807, 2.05) is 62.4 Å². The number of carbonyl (C=O) groups excluding carboxylic acids is 2. The van der Waals surface area contributed by atoms with Crippen LogP contribution in [0.15, 0.2) is 48.5 Å². The van der Waals surface area contributed by atoms with Crippen molar-refractivity contribution in [2.24, 2.45) is 5.92 Å². The summed E-state index contributed by atoms with van der Waals surface area (Å²) in [4.78, 5) is 26.5. The molecule has 3 rings (SSSR count). The minimum atomic E-state index is -0.321. The largest absolute Gasteiger partial charge is 0.494 e. The van der Waals surface area contributed by atoms with E-state index in [-0.39, 0.29) is 24.2 Å². The molecule has 0 saturated carbocycles. The molecule has 0 aliphatic carbocycles. The van der Waals surface area contributed by atoms with Crippen LogP contribution in [0, 0.1) is 12.8 Å². The van der Waals surface area contributed by atoms with Crippen LogP contribution in [-0.2, 0) is 16.1 Å². The average molecular weight is 352 g/mol. The van der Waals surface area contributed by atoms with Gasteiger partial charge in [0.1, 0.15) is 5.75 Å². The summed E-state index contributed by atoms with van der Waals surface area (Å²) in [7, 11) is 0. The van der Waals surface area contributed by atoms with Gasteiger partial charge in [-0.3, -0.25) is 9.59 Å². The molecule has 1 atom stereocenters. The maximum atomic E-state index is 12.5. The second-order valence-electron chi connectivity index (χ2n) is 6.48. The smallest absolute Gasteiger partial charge is 0.227 e. The number of hydrogen-bond donors (Lipinski definition) is 1. The number of nitrogens with zero attached hydrogens (tertiary/aromatic N) is 1. The molecule has 26 heavy (non-hydrogen) atoms. The lowest BCUT2D eigenvalue weighted by atomic mass is 10.1. The van der Waals surface area contributed by atoms with E-state index in [1.165, 1.54) is 0 Å². The number of rotatable bonds is 6. The van der Waals surface area contributed by atoms with E-state index >= 15 is 0 Å². The van der Waals surface area contributed by atoms with Crippen molar-refractivity contribution in [2.75, 3.05) is 18.1 Å². The summed E-state index contributed by atoms with van der Waals surface area (Å²) in [6, 6.07) is 15.4. The van der Waals surface area contributed by atoms with Crippen LogP contribution >= 0.6 is 0 Å². The average Bonchev–Trinajstić information content (AvgIpc) is 3.03. The number of benzene rings is 2. The van der Waals surface area contributed by atoms with Crippen LogP contribution in [0.4, 0.5) is 5.69 Å². The zero-order valence-corrected chi connectivity index (χ0v) is 15.2. The summed E-state index contributed by atoms with van der Waals surface area (Å²) in [5.41, 5.74) is 3.03. The Bertz CT molecular complexity index is 786. The van der Waals surface area contributed by atoms with Gasteiger partial charge in [0.05, 0.1) is 12.5 Å². The van der Waals surface area contributed by atoms with Crippen LogP contribution < -0.4 is 15.0 Å². The molecule has 2 aromatic rings. The normalized spacial score (nSPS) is 16.6. The maximum absolute atomic E-state index is 12.5. The third-order valence-electron chi connectivity index (χ3n) is 4.67. The van der Waals surface area contributed by atoms with Gasteiger partial charge in [0.15, 0.2) is 0 Å². The summed E-state index contributed by atoms with van der Waals surface area (Å²) in [6.45, 7) is 5.45. The molecule has 1 N–H and O–H groups in total. The van der Waals surface area contributed by atoms with Crippen LogP contribution in [0.2, 0.25) is 0 Å². The van der Waals surface area contributed by atoms with E-state index in [4.69, 9.17) is 4.74 Å². The van der Waals surface area contributed by atoms with Crippen LogP contribution in [0.25, 0.3) is 0 Å². The molecule has 1 saturated heterocycles. The minimum absolute atomic E-state index is 0.0230. The van der Waals surface area contributed by atoms with Gasteiger partial charge in [-0.2, -0.15) is 0 Å². The van der Waals surface area contributed by atoms with Crippen molar-refractivity contribution in [2.45, 2.75) is 26.8 Å². The lowest BCUT2D eigenvalue weighted by Gasteiger charge is -2.17. The second-order valence-corrected chi connectivity index (χ2v) is 6.48. The summed E-state index contributed by atoms with van der Waals surface area (Å²) in [5.74, 6) is 0.355. The highest BCUT2D eigenvalue weighted by Gasteiger charge is 2.35. The molecule has 1 aliphatic rings. The van der Waals surface area contributed by atoms with Crippen molar-refractivity contribution in [3.05, 3.63) is 59.7 Å². The summed E-state index contributed by atoms with van der Waals surface area (Å²) >= 11 is 0. The molecule has 0 radical (unpaired) electrons. The lowest BCUT2D eigenvalue weighted by Crippen LogP contribution is -2.32. The summed E-state index contributed by atoms with van der Waals surface area (Å²) in [6.07, 6.45) is 0.243. The number of ether oxygens (including phenoxy) is 1. The Kier molecular flexibility index (Phi) is 5.56. The fourth-order valence-electron chi connectivity index (χ4n) is 3.16. The first-order valence-electron chi connectivity index (χ1n) is 8.94. The van der Waals surface area contributed by atoms with Crippen molar-refractivity contribution < 1.29 is 14.3 Å². The molecular weight excluding hydrogens is 328 g/mol. The Hall–Kier alpha value is -2.82. The highest BCUT2D eigenvalue weighted by Crippen LogP contribution is 2.27. The van der Waals surface area contributed by atoms with Crippen LogP contribution in [0.5, 0.6) is 5.75 Å². The van der Waals surface area contributed by atoms with E-state index in [9.17, 15) is 9.59 Å². The molecule has 136 valence electrons. The zero-order valence-electron chi connectivity index (χ0n) is 15.2. The summed E-state index contributed by atoms with van der Waals surface area (Å²) < 4.78 is 5.43. The topological polar surface area (TPSA) is 58.6 Å². The SMILES string of the molecule is CCOc1ccc(N2C[C@@H](C(=O)NCc3ccccc3C)CC2=O)cc1. The van der Waals surface area contributed by atoms with Gasteiger partial charge in [-0.05, 0) is 49.2 Å². The number of amides is 2. The predicted octanol–water partition coefficient (Wildman–Crippen LogP) is 3.06. The van der Waals surface area contributed by atoms with E-state index in [0.29, 0.717) is 19.7 Å².